The number of hydrogen-bond acceptors (Lipinski definition) is 6. The van der Waals surface area contributed by atoms with Crippen LogP contribution in [0.2, 0.25) is 0 Å². The Hall–Kier alpha value is -2.35. The highest BCUT2D eigenvalue weighted by Gasteiger charge is 2.09. The maximum Gasteiger partial charge on any atom is 0.216 e. The normalized spacial score (nSPS) is 11.1. The van der Waals surface area contributed by atoms with E-state index in [9.17, 15) is 10.2 Å². The Kier molecular flexibility index (Phi) is 4.04. The molecule has 0 bridgehead atoms. The van der Waals surface area contributed by atoms with Gasteiger partial charge in [-0.2, -0.15) is 14.9 Å². The van der Waals surface area contributed by atoms with Gasteiger partial charge in [-0.1, -0.05) is 6.92 Å². The number of H-pyrrole nitrogens is 1. The minimum atomic E-state index is -0.307. The molecule has 0 amide bonds. The van der Waals surface area contributed by atoms with Crippen molar-refractivity contribution in [1.82, 2.24) is 14.9 Å². The summed E-state index contributed by atoms with van der Waals surface area (Å²) in [5, 5.41) is 30.0. The summed E-state index contributed by atoms with van der Waals surface area (Å²) in [6.45, 7) is 1.94. The lowest BCUT2D eigenvalue weighted by Crippen LogP contribution is -1.97. The van der Waals surface area contributed by atoms with E-state index in [0.717, 1.165) is 0 Å². The first-order valence-corrected chi connectivity index (χ1v) is 6.28. The number of ether oxygens (including phenoxy) is 1. The van der Waals surface area contributed by atoms with Gasteiger partial charge < -0.3 is 14.9 Å². The van der Waals surface area contributed by atoms with E-state index in [1.54, 1.807) is 6.07 Å². The highest BCUT2D eigenvalue weighted by molar-refractivity contribution is 7.71. The Balaban J connectivity index is 2.39. The monoisotopic (exact) mass is 294 g/mol. The van der Waals surface area contributed by atoms with Gasteiger partial charge in [-0.25, -0.2) is 0 Å². The van der Waals surface area contributed by atoms with Crippen molar-refractivity contribution in [2.45, 2.75) is 13.3 Å². The second-order valence-corrected chi connectivity index (χ2v) is 4.33. The number of nitrogens with one attached hydrogen (secondary N) is 1. The molecule has 20 heavy (non-hydrogen) atoms. The molecule has 1 aromatic heterocycles. The van der Waals surface area contributed by atoms with Crippen molar-refractivity contribution in [3.63, 3.8) is 0 Å². The van der Waals surface area contributed by atoms with Crippen LogP contribution in [0.5, 0.6) is 17.2 Å². The number of phenols is 2. The van der Waals surface area contributed by atoms with Crippen molar-refractivity contribution in [3.05, 3.63) is 28.3 Å². The summed E-state index contributed by atoms with van der Waals surface area (Å²) < 4.78 is 6.83. The first-order chi connectivity index (χ1) is 9.56. The van der Waals surface area contributed by atoms with Crippen molar-refractivity contribution in [3.8, 4) is 17.2 Å². The SMILES string of the molecule is CCc1n[nH]c(=S)n1/N=C/c1cc(O)c(O)c(OC)c1. The van der Waals surface area contributed by atoms with E-state index >= 15 is 0 Å². The van der Waals surface area contributed by atoms with Crippen molar-refractivity contribution >= 4 is 18.4 Å². The number of benzene rings is 1. The zero-order valence-electron chi connectivity index (χ0n) is 11.0. The van der Waals surface area contributed by atoms with E-state index in [1.807, 2.05) is 6.92 Å². The van der Waals surface area contributed by atoms with Gasteiger partial charge >= 0.3 is 0 Å². The summed E-state index contributed by atoms with van der Waals surface area (Å²) in [5.74, 6) is 0.273. The number of methoxy groups -OCH3 is 1. The number of aromatic nitrogens is 3. The lowest BCUT2D eigenvalue weighted by Gasteiger charge is -2.06. The minimum absolute atomic E-state index is 0.165. The van der Waals surface area contributed by atoms with Crippen molar-refractivity contribution in [1.29, 1.82) is 0 Å². The molecule has 1 aromatic carbocycles. The molecule has 1 heterocycles. The fourth-order valence-corrected chi connectivity index (χ4v) is 1.84. The standard InChI is InChI=1S/C12H14N4O3S/c1-3-10-14-15-12(20)16(10)13-6-7-4-8(17)11(18)9(5-7)19-2/h4-6,17-18H,3H2,1-2H3,(H,15,20)/b13-6+. The second-order valence-electron chi connectivity index (χ2n) is 3.95. The zero-order valence-corrected chi connectivity index (χ0v) is 11.8. The predicted molar refractivity (Wildman–Crippen MR) is 76.1 cm³/mol. The van der Waals surface area contributed by atoms with Crippen LogP contribution in [0.3, 0.4) is 0 Å². The molecule has 0 aliphatic heterocycles. The molecule has 0 saturated carbocycles. The van der Waals surface area contributed by atoms with Crippen molar-refractivity contribution < 1.29 is 14.9 Å². The third kappa shape index (κ3) is 2.64. The van der Waals surface area contributed by atoms with Gasteiger partial charge in [0.2, 0.25) is 10.5 Å². The smallest absolute Gasteiger partial charge is 0.216 e. The molecule has 7 nitrogen and oxygen atoms in total. The molecule has 0 aliphatic carbocycles. The summed E-state index contributed by atoms with van der Waals surface area (Å²) in [5.41, 5.74) is 0.558. The molecule has 8 heteroatoms. The molecule has 106 valence electrons. The number of phenolic OH excluding ortho intramolecular Hbond substituents is 2. The molecule has 0 unspecified atom stereocenters. The van der Waals surface area contributed by atoms with Crippen LogP contribution in [-0.2, 0) is 6.42 Å². The third-order valence-corrected chi connectivity index (χ3v) is 2.92. The molecule has 0 aliphatic rings. The Labute approximate surface area is 120 Å². The number of aromatic amines is 1. The summed E-state index contributed by atoms with van der Waals surface area (Å²) in [4.78, 5) is 0. The van der Waals surface area contributed by atoms with Crippen LogP contribution < -0.4 is 4.74 Å². The molecular formula is C12H14N4O3S. The van der Waals surface area contributed by atoms with E-state index < -0.39 is 0 Å². The third-order valence-electron chi connectivity index (χ3n) is 2.65. The molecule has 0 fully saturated rings. The van der Waals surface area contributed by atoms with Gasteiger partial charge in [0.1, 0.15) is 0 Å². The van der Waals surface area contributed by atoms with Crippen LogP contribution in [-0.4, -0.2) is 38.4 Å². The van der Waals surface area contributed by atoms with E-state index in [4.69, 9.17) is 17.0 Å². The topological polar surface area (TPSA) is 95.7 Å². The molecule has 2 aromatic rings. The van der Waals surface area contributed by atoms with E-state index in [-0.39, 0.29) is 17.2 Å². The lowest BCUT2D eigenvalue weighted by atomic mass is 10.2. The summed E-state index contributed by atoms with van der Waals surface area (Å²) in [7, 11) is 1.40. The maximum absolute atomic E-state index is 9.59. The molecule has 0 spiro atoms. The van der Waals surface area contributed by atoms with Crippen LogP contribution in [0.25, 0.3) is 0 Å². The van der Waals surface area contributed by atoms with Gasteiger partial charge in [0, 0.05) is 12.0 Å². The first kappa shape index (κ1) is 14.1. The van der Waals surface area contributed by atoms with Crippen LogP contribution in [0.1, 0.15) is 18.3 Å². The lowest BCUT2D eigenvalue weighted by molar-refractivity contribution is 0.351. The maximum atomic E-state index is 9.59. The Bertz CT molecular complexity index is 705. The minimum Gasteiger partial charge on any atom is -0.504 e. The first-order valence-electron chi connectivity index (χ1n) is 5.87. The molecule has 0 radical (unpaired) electrons. The molecule has 2 rings (SSSR count). The van der Waals surface area contributed by atoms with E-state index in [0.29, 0.717) is 22.6 Å². The average Bonchev–Trinajstić information content (AvgIpc) is 2.80. The van der Waals surface area contributed by atoms with Gasteiger partial charge in [-0.3, -0.25) is 5.10 Å². The zero-order chi connectivity index (χ0) is 14.7. The highest BCUT2D eigenvalue weighted by atomic mass is 32.1. The van der Waals surface area contributed by atoms with Crippen LogP contribution in [0.15, 0.2) is 17.2 Å². The van der Waals surface area contributed by atoms with Crippen LogP contribution >= 0.6 is 12.2 Å². The van der Waals surface area contributed by atoms with E-state index in [2.05, 4.69) is 15.3 Å². The Morgan fingerprint density at radius 1 is 1.50 bits per heavy atom. The number of aromatic hydroxyl groups is 2. The van der Waals surface area contributed by atoms with Gasteiger partial charge in [-0.15, -0.1) is 0 Å². The number of rotatable bonds is 4. The Morgan fingerprint density at radius 3 is 2.90 bits per heavy atom. The van der Waals surface area contributed by atoms with Gasteiger partial charge in [0.25, 0.3) is 0 Å². The fraction of sp³-hybridized carbons (Fsp3) is 0.250. The van der Waals surface area contributed by atoms with E-state index in [1.165, 1.54) is 24.1 Å². The van der Waals surface area contributed by atoms with Gasteiger partial charge in [0.05, 0.1) is 13.3 Å². The quantitative estimate of drug-likeness (QED) is 0.454. The average molecular weight is 294 g/mol. The number of aryl methyl sites for hydroxylation is 1. The van der Waals surface area contributed by atoms with Crippen LogP contribution in [0, 0.1) is 4.77 Å². The highest BCUT2D eigenvalue weighted by Crippen LogP contribution is 2.35. The number of hydrogen-bond donors (Lipinski definition) is 3. The second kappa shape index (κ2) is 5.74. The summed E-state index contributed by atoms with van der Waals surface area (Å²) >= 11 is 5.07. The van der Waals surface area contributed by atoms with Gasteiger partial charge in [0.15, 0.2) is 17.3 Å². The molecule has 0 saturated heterocycles. The largest absolute Gasteiger partial charge is 0.504 e. The summed E-state index contributed by atoms with van der Waals surface area (Å²) in [6.07, 6.45) is 2.17. The number of nitrogens with zero attached hydrogens (tertiary/aromatic N) is 3. The molecule has 0 atom stereocenters. The van der Waals surface area contributed by atoms with Crippen molar-refractivity contribution in [2.24, 2.45) is 5.10 Å². The summed E-state index contributed by atoms with van der Waals surface area (Å²) in [6, 6.07) is 2.92. The van der Waals surface area contributed by atoms with Crippen molar-refractivity contribution in [2.75, 3.05) is 7.11 Å². The predicted octanol–water partition coefficient (Wildman–Crippen LogP) is 1.81. The fourth-order valence-electron chi connectivity index (χ4n) is 1.64. The molecule has 3 N–H and O–H groups in total. The molecular weight excluding hydrogens is 280 g/mol. The van der Waals surface area contributed by atoms with Gasteiger partial charge in [-0.05, 0) is 24.4 Å². The Morgan fingerprint density at radius 2 is 2.25 bits per heavy atom. The van der Waals surface area contributed by atoms with Crippen LogP contribution in [0.4, 0.5) is 0 Å².